The Labute approximate surface area is 174 Å². The van der Waals surface area contributed by atoms with Gasteiger partial charge in [-0.1, -0.05) is 58.4 Å². The molecule has 3 saturated carbocycles. The van der Waals surface area contributed by atoms with E-state index in [1.807, 2.05) is 0 Å². The minimum absolute atomic E-state index is 0.0842. The van der Waals surface area contributed by atoms with Crippen LogP contribution in [0, 0.1) is 46.3 Å². The first-order valence-corrected chi connectivity index (χ1v) is 12.3. The number of aliphatic hydroxyl groups is 1. The lowest BCUT2D eigenvalue weighted by atomic mass is 9.47. The average molecular weight is 385 g/mol. The van der Waals surface area contributed by atoms with Crippen LogP contribution in [0.2, 0.25) is 0 Å². The Morgan fingerprint density at radius 2 is 1.86 bits per heavy atom. The third-order valence-corrected chi connectivity index (χ3v) is 9.83. The molecule has 4 aliphatic carbocycles. The van der Waals surface area contributed by atoms with Gasteiger partial charge in [0, 0.05) is 0 Å². The maximum absolute atomic E-state index is 10.2. The van der Waals surface area contributed by atoms with E-state index in [1.54, 1.807) is 5.57 Å². The molecule has 0 bridgehead atoms. The Hall–Kier alpha value is -0.560. The zero-order valence-electron chi connectivity index (χ0n) is 19.1. The van der Waals surface area contributed by atoms with Gasteiger partial charge in [0.25, 0.3) is 0 Å². The number of hydrogen-bond donors (Lipinski definition) is 1. The van der Waals surface area contributed by atoms with Crippen LogP contribution >= 0.6 is 0 Å². The van der Waals surface area contributed by atoms with Crippen LogP contribution in [-0.4, -0.2) is 11.2 Å². The van der Waals surface area contributed by atoms with Crippen LogP contribution in [0.15, 0.2) is 23.8 Å². The van der Waals surface area contributed by atoms with Crippen molar-refractivity contribution < 1.29 is 5.11 Å². The van der Waals surface area contributed by atoms with E-state index in [2.05, 4.69) is 52.8 Å². The smallest absolute Gasteiger partial charge is 0.0577 e. The second kappa shape index (κ2) is 7.60. The maximum atomic E-state index is 10.2. The summed E-state index contributed by atoms with van der Waals surface area (Å²) in [5.41, 5.74) is 2.53. The van der Waals surface area contributed by atoms with Crippen LogP contribution in [0.4, 0.5) is 0 Å². The molecule has 0 radical (unpaired) electrons. The topological polar surface area (TPSA) is 20.2 Å². The summed E-state index contributed by atoms with van der Waals surface area (Å²) in [6, 6.07) is 0. The summed E-state index contributed by atoms with van der Waals surface area (Å²) in [7, 11) is 0. The van der Waals surface area contributed by atoms with Crippen molar-refractivity contribution in [1.82, 2.24) is 0 Å². The lowest BCUT2D eigenvalue weighted by Gasteiger charge is -2.58. The van der Waals surface area contributed by atoms with Gasteiger partial charge in [-0.05, 0) is 104 Å². The fraction of sp³-hybridized carbons (Fsp3) is 0.852. The van der Waals surface area contributed by atoms with E-state index < -0.39 is 0 Å². The molecule has 0 spiro atoms. The summed E-state index contributed by atoms with van der Waals surface area (Å²) < 4.78 is 0. The first-order valence-electron chi connectivity index (χ1n) is 12.3. The molecule has 0 aromatic carbocycles. The van der Waals surface area contributed by atoms with E-state index >= 15 is 0 Å². The first kappa shape index (κ1) is 20.7. The summed E-state index contributed by atoms with van der Waals surface area (Å²) in [6.07, 6.45) is 18.9. The molecular formula is C27H44O. The van der Waals surface area contributed by atoms with Gasteiger partial charge in [0.05, 0.1) is 6.10 Å². The lowest BCUT2D eigenvalue weighted by molar-refractivity contribution is -0.0540. The summed E-state index contributed by atoms with van der Waals surface area (Å²) >= 11 is 0. The summed E-state index contributed by atoms with van der Waals surface area (Å²) in [5, 5.41) is 10.2. The maximum Gasteiger partial charge on any atom is 0.0577 e. The van der Waals surface area contributed by atoms with Gasteiger partial charge in [0.1, 0.15) is 0 Å². The van der Waals surface area contributed by atoms with E-state index in [-0.39, 0.29) is 6.10 Å². The molecule has 0 aliphatic heterocycles. The number of hydrogen-bond acceptors (Lipinski definition) is 1. The van der Waals surface area contributed by atoms with Crippen LogP contribution in [0.3, 0.4) is 0 Å². The Balaban J connectivity index is 1.53. The first-order chi connectivity index (χ1) is 13.3. The molecule has 0 aromatic rings. The minimum atomic E-state index is -0.0842. The third kappa shape index (κ3) is 3.34. The summed E-state index contributed by atoms with van der Waals surface area (Å²) in [4.78, 5) is 0. The Morgan fingerprint density at radius 3 is 2.61 bits per heavy atom. The zero-order chi connectivity index (χ0) is 20.1. The molecule has 0 heterocycles. The van der Waals surface area contributed by atoms with Crippen molar-refractivity contribution >= 4 is 0 Å². The average Bonchev–Trinajstić information content (AvgIpc) is 2.99. The number of allylic oxidation sites excluding steroid dienone is 3. The molecule has 1 heteroatoms. The lowest BCUT2D eigenvalue weighted by Crippen LogP contribution is -2.50. The molecule has 4 rings (SSSR count). The molecule has 1 N–H and O–H groups in total. The van der Waals surface area contributed by atoms with Crippen LogP contribution in [0.1, 0.15) is 92.4 Å². The van der Waals surface area contributed by atoms with Crippen LogP contribution in [-0.2, 0) is 0 Å². The van der Waals surface area contributed by atoms with Crippen molar-refractivity contribution in [2.24, 2.45) is 46.3 Å². The standard InChI is InChI=1S/C27H44O/c1-18(2)7-6-8-19(3)23-11-12-24-22-10-9-20-17-21(28)13-15-26(20,4)25(22)14-16-27(23,24)5/h6,8-9,18-19,21-25,28H,7,10-17H2,1-5H3/b8-6+/t19-,21+,22+,23?,24+,25+,26+,27-/m1/s1. The highest BCUT2D eigenvalue weighted by atomic mass is 16.3. The highest BCUT2D eigenvalue weighted by molar-refractivity contribution is 5.25. The van der Waals surface area contributed by atoms with Crippen molar-refractivity contribution in [3.8, 4) is 0 Å². The van der Waals surface area contributed by atoms with E-state index in [1.165, 1.54) is 44.9 Å². The molecule has 4 aliphatic rings. The van der Waals surface area contributed by atoms with Crippen LogP contribution < -0.4 is 0 Å². The molecule has 1 nitrogen and oxygen atoms in total. The minimum Gasteiger partial charge on any atom is -0.393 e. The van der Waals surface area contributed by atoms with Crippen molar-refractivity contribution in [2.75, 3.05) is 0 Å². The number of rotatable bonds is 4. The Bertz CT molecular complexity index is 630. The fourth-order valence-electron chi connectivity index (χ4n) is 8.25. The van der Waals surface area contributed by atoms with Gasteiger partial charge in [0.2, 0.25) is 0 Å². The van der Waals surface area contributed by atoms with Gasteiger partial charge < -0.3 is 5.11 Å². The third-order valence-electron chi connectivity index (χ3n) is 9.83. The van der Waals surface area contributed by atoms with Crippen LogP contribution in [0.5, 0.6) is 0 Å². The van der Waals surface area contributed by atoms with Gasteiger partial charge >= 0.3 is 0 Å². The van der Waals surface area contributed by atoms with Crippen molar-refractivity contribution in [1.29, 1.82) is 0 Å². The second-order valence-corrected chi connectivity index (χ2v) is 11.8. The predicted octanol–water partition coefficient (Wildman–Crippen LogP) is 7.16. The molecule has 8 atom stereocenters. The van der Waals surface area contributed by atoms with Gasteiger partial charge in [0.15, 0.2) is 0 Å². The van der Waals surface area contributed by atoms with Gasteiger partial charge in [-0.15, -0.1) is 0 Å². The number of aliphatic hydroxyl groups excluding tert-OH is 1. The van der Waals surface area contributed by atoms with E-state index in [0.717, 1.165) is 48.3 Å². The van der Waals surface area contributed by atoms with E-state index in [4.69, 9.17) is 0 Å². The molecule has 0 aromatic heterocycles. The summed E-state index contributed by atoms with van der Waals surface area (Å²) in [5.74, 6) is 5.03. The second-order valence-electron chi connectivity index (χ2n) is 11.8. The molecule has 3 fully saturated rings. The largest absolute Gasteiger partial charge is 0.393 e. The van der Waals surface area contributed by atoms with E-state index in [9.17, 15) is 5.11 Å². The van der Waals surface area contributed by atoms with Crippen molar-refractivity contribution in [2.45, 2.75) is 98.5 Å². The van der Waals surface area contributed by atoms with Crippen molar-refractivity contribution in [3.63, 3.8) is 0 Å². The molecule has 28 heavy (non-hydrogen) atoms. The normalized spacial score (nSPS) is 46.8. The highest BCUT2D eigenvalue weighted by Gasteiger charge is 2.58. The molecular weight excluding hydrogens is 340 g/mol. The quantitative estimate of drug-likeness (QED) is 0.510. The van der Waals surface area contributed by atoms with Crippen molar-refractivity contribution in [3.05, 3.63) is 23.8 Å². The molecule has 1 unspecified atom stereocenters. The SMILES string of the molecule is CC(C)C/C=C/[C@@H](C)C1CC[C@H]2[C@@H]3CC=C4C[C@@H](O)CC[C@]4(C)[C@H]3CC[C@]12C. The van der Waals surface area contributed by atoms with E-state index in [0.29, 0.717) is 10.8 Å². The summed E-state index contributed by atoms with van der Waals surface area (Å²) in [6.45, 7) is 12.3. The van der Waals surface area contributed by atoms with Gasteiger partial charge in [-0.3, -0.25) is 0 Å². The Kier molecular flexibility index (Phi) is 5.62. The Morgan fingerprint density at radius 1 is 1.07 bits per heavy atom. The van der Waals surface area contributed by atoms with Gasteiger partial charge in [-0.25, -0.2) is 0 Å². The molecule has 0 saturated heterocycles. The highest BCUT2D eigenvalue weighted by Crippen LogP contribution is 2.67. The van der Waals surface area contributed by atoms with Crippen LogP contribution in [0.25, 0.3) is 0 Å². The zero-order valence-corrected chi connectivity index (χ0v) is 19.1. The number of fused-ring (bicyclic) bond motifs is 5. The fourth-order valence-corrected chi connectivity index (χ4v) is 8.25. The predicted molar refractivity (Wildman–Crippen MR) is 119 cm³/mol. The molecule has 0 amide bonds. The van der Waals surface area contributed by atoms with Gasteiger partial charge in [-0.2, -0.15) is 0 Å². The molecule has 158 valence electrons. The monoisotopic (exact) mass is 384 g/mol.